The van der Waals surface area contributed by atoms with Gasteiger partial charge in [0.05, 0.1) is 7.11 Å². The smallest absolute Gasteiger partial charge is 0.254 e. The molecule has 3 aromatic rings. The van der Waals surface area contributed by atoms with Crippen molar-refractivity contribution >= 4 is 28.3 Å². The predicted molar refractivity (Wildman–Crippen MR) is 111 cm³/mol. The molecule has 1 N–H and O–H groups in total. The lowest BCUT2D eigenvalue weighted by Gasteiger charge is -2.23. The molecule has 154 valence electrons. The van der Waals surface area contributed by atoms with Gasteiger partial charge in [0.15, 0.2) is 0 Å². The number of methoxy groups -OCH3 is 1. The average molecular weight is 426 g/mol. The van der Waals surface area contributed by atoms with Crippen molar-refractivity contribution < 1.29 is 18.7 Å². The second-order valence-corrected chi connectivity index (χ2v) is 7.77. The van der Waals surface area contributed by atoms with Gasteiger partial charge in [0.1, 0.15) is 22.6 Å². The van der Waals surface area contributed by atoms with Crippen LogP contribution in [0.25, 0.3) is 10.6 Å². The number of nitrogens with zero attached hydrogens (tertiary/aromatic N) is 3. The number of hydrogen-bond donors (Lipinski definition) is 1. The number of hydrogen-bond acceptors (Lipinski definition) is 6. The van der Waals surface area contributed by atoms with Crippen LogP contribution >= 0.6 is 11.3 Å². The molecule has 0 spiro atoms. The van der Waals surface area contributed by atoms with Crippen molar-refractivity contribution in [2.75, 3.05) is 19.0 Å². The molecule has 2 amide bonds. The molecule has 0 bridgehead atoms. The number of amides is 2. The fourth-order valence-electron chi connectivity index (χ4n) is 3.35. The molecule has 1 atom stereocenters. The Hall–Kier alpha value is -3.33. The minimum absolute atomic E-state index is 0.288. The average Bonchev–Trinajstić information content (AvgIpc) is 3.44. The Morgan fingerprint density at radius 3 is 2.57 bits per heavy atom. The molecule has 30 heavy (non-hydrogen) atoms. The van der Waals surface area contributed by atoms with Crippen molar-refractivity contribution in [3.63, 3.8) is 0 Å². The summed E-state index contributed by atoms with van der Waals surface area (Å²) in [7, 11) is 1.60. The van der Waals surface area contributed by atoms with Crippen LogP contribution in [0.1, 0.15) is 23.2 Å². The van der Waals surface area contributed by atoms with E-state index in [0.717, 1.165) is 17.7 Å². The van der Waals surface area contributed by atoms with E-state index in [1.807, 2.05) is 24.3 Å². The number of carbonyl (C=O) groups excluding carboxylic acids is 2. The van der Waals surface area contributed by atoms with Gasteiger partial charge in [0.25, 0.3) is 5.91 Å². The topological polar surface area (TPSA) is 84.4 Å². The third-order valence-corrected chi connectivity index (χ3v) is 5.79. The number of benzene rings is 2. The van der Waals surface area contributed by atoms with Crippen molar-refractivity contribution in [2.24, 2.45) is 0 Å². The molecule has 0 radical (unpaired) electrons. The van der Waals surface area contributed by atoms with Gasteiger partial charge in [-0.3, -0.25) is 14.9 Å². The maximum Gasteiger partial charge on any atom is 0.254 e. The van der Waals surface area contributed by atoms with E-state index in [4.69, 9.17) is 4.74 Å². The van der Waals surface area contributed by atoms with Crippen LogP contribution in [0.15, 0.2) is 48.5 Å². The number of ether oxygens (including phenoxy) is 1. The van der Waals surface area contributed by atoms with Crippen LogP contribution in [0.4, 0.5) is 9.52 Å². The summed E-state index contributed by atoms with van der Waals surface area (Å²) in [6.07, 6.45) is 1.28. The lowest BCUT2D eigenvalue weighted by molar-refractivity contribution is -0.119. The first kappa shape index (κ1) is 20.0. The quantitative estimate of drug-likeness (QED) is 0.674. The van der Waals surface area contributed by atoms with Crippen LogP contribution in [0.2, 0.25) is 0 Å². The number of aromatic nitrogens is 2. The largest absolute Gasteiger partial charge is 0.497 e. The molecule has 1 aliphatic rings. The molecule has 4 rings (SSSR count). The van der Waals surface area contributed by atoms with E-state index in [1.165, 1.54) is 40.5 Å². The van der Waals surface area contributed by atoms with Crippen LogP contribution in [0.5, 0.6) is 5.75 Å². The summed E-state index contributed by atoms with van der Waals surface area (Å²) in [5.41, 5.74) is 1.22. The molecule has 1 fully saturated rings. The van der Waals surface area contributed by atoms with Crippen LogP contribution < -0.4 is 10.1 Å². The monoisotopic (exact) mass is 426 g/mol. The highest BCUT2D eigenvalue weighted by atomic mass is 32.1. The summed E-state index contributed by atoms with van der Waals surface area (Å²) >= 11 is 1.25. The van der Waals surface area contributed by atoms with Gasteiger partial charge in [-0.1, -0.05) is 11.3 Å². The number of rotatable bonds is 5. The molecule has 2 aromatic carbocycles. The minimum Gasteiger partial charge on any atom is -0.497 e. The third kappa shape index (κ3) is 4.16. The van der Waals surface area contributed by atoms with Crippen LogP contribution in [-0.4, -0.2) is 46.6 Å². The van der Waals surface area contributed by atoms with Gasteiger partial charge >= 0.3 is 0 Å². The van der Waals surface area contributed by atoms with Crippen LogP contribution in [0, 0.1) is 5.82 Å². The number of likely N-dealkylation sites (tertiary alicyclic amines) is 1. The molecule has 7 nitrogen and oxygen atoms in total. The molecular weight excluding hydrogens is 407 g/mol. The van der Waals surface area contributed by atoms with E-state index in [9.17, 15) is 14.0 Å². The van der Waals surface area contributed by atoms with Gasteiger partial charge in [-0.05, 0) is 61.4 Å². The molecule has 1 unspecified atom stereocenters. The molecule has 0 aliphatic carbocycles. The Labute approximate surface area is 176 Å². The van der Waals surface area contributed by atoms with Crippen molar-refractivity contribution in [1.82, 2.24) is 15.1 Å². The Bertz CT molecular complexity index is 1050. The first-order valence-corrected chi connectivity index (χ1v) is 10.2. The second-order valence-electron chi connectivity index (χ2n) is 6.79. The molecule has 2 heterocycles. The number of anilines is 1. The van der Waals surface area contributed by atoms with Crippen molar-refractivity contribution in [1.29, 1.82) is 0 Å². The lowest BCUT2D eigenvalue weighted by atomic mass is 10.1. The van der Waals surface area contributed by atoms with E-state index >= 15 is 0 Å². The maximum atomic E-state index is 13.1. The fourth-order valence-corrected chi connectivity index (χ4v) is 4.11. The number of carbonyl (C=O) groups is 2. The van der Waals surface area contributed by atoms with Gasteiger partial charge in [0.2, 0.25) is 11.0 Å². The molecule has 1 aromatic heterocycles. The van der Waals surface area contributed by atoms with E-state index in [-0.39, 0.29) is 11.8 Å². The zero-order chi connectivity index (χ0) is 21.1. The Balaban J connectivity index is 1.44. The van der Waals surface area contributed by atoms with Gasteiger partial charge in [-0.15, -0.1) is 10.2 Å². The molecular formula is C21H19FN4O3S. The van der Waals surface area contributed by atoms with Gasteiger partial charge in [-0.2, -0.15) is 0 Å². The Kier molecular flexibility index (Phi) is 5.71. The van der Waals surface area contributed by atoms with Gasteiger partial charge < -0.3 is 9.64 Å². The van der Waals surface area contributed by atoms with Crippen LogP contribution in [-0.2, 0) is 4.79 Å². The summed E-state index contributed by atoms with van der Waals surface area (Å²) in [6, 6.07) is 12.1. The van der Waals surface area contributed by atoms with E-state index < -0.39 is 11.9 Å². The zero-order valence-electron chi connectivity index (χ0n) is 16.2. The molecule has 1 aliphatic heterocycles. The van der Waals surface area contributed by atoms with Crippen molar-refractivity contribution in [3.05, 3.63) is 59.9 Å². The first-order valence-electron chi connectivity index (χ1n) is 9.40. The van der Waals surface area contributed by atoms with E-state index in [2.05, 4.69) is 15.5 Å². The Morgan fingerprint density at radius 2 is 1.87 bits per heavy atom. The normalized spacial score (nSPS) is 15.8. The highest BCUT2D eigenvalue weighted by molar-refractivity contribution is 7.18. The standard InChI is InChI=1S/C21H19FN4O3S/c1-29-16-10-6-13(7-11-16)19-24-25-21(30-19)23-18(27)17-3-2-12-26(17)20(28)14-4-8-15(22)9-5-14/h4-11,17H,2-3,12H2,1H3,(H,23,25,27). The summed E-state index contributed by atoms with van der Waals surface area (Å²) in [5.74, 6) is -0.264. The SMILES string of the molecule is COc1ccc(-c2nnc(NC(=O)C3CCCN3C(=O)c3ccc(F)cc3)s2)cc1. The first-order chi connectivity index (χ1) is 14.5. The summed E-state index contributed by atoms with van der Waals surface area (Å²) < 4.78 is 18.3. The third-order valence-electron chi connectivity index (χ3n) is 4.90. The van der Waals surface area contributed by atoms with Crippen molar-refractivity contribution in [2.45, 2.75) is 18.9 Å². The zero-order valence-corrected chi connectivity index (χ0v) is 17.0. The van der Waals surface area contributed by atoms with Crippen molar-refractivity contribution in [3.8, 4) is 16.3 Å². The predicted octanol–water partition coefficient (Wildman–Crippen LogP) is 3.60. The van der Waals surface area contributed by atoms with E-state index in [0.29, 0.717) is 28.7 Å². The summed E-state index contributed by atoms with van der Waals surface area (Å²) in [4.78, 5) is 27.1. The lowest BCUT2D eigenvalue weighted by Crippen LogP contribution is -2.43. The fraction of sp³-hybridized carbons (Fsp3) is 0.238. The molecule has 0 saturated carbocycles. The maximum absolute atomic E-state index is 13.1. The van der Waals surface area contributed by atoms with Crippen LogP contribution in [0.3, 0.4) is 0 Å². The number of nitrogens with one attached hydrogen (secondary N) is 1. The molecule has 1 saturated heterocycles. The molecule has 9 heteroatoms. The van der Waals surface area contributed by atoms with E-state index in [1.54, 1.807) is 7.11 Å². The summed E-state index contributed by atoms with van der Waals surface area (Å²) in [6.45, 7) is 0.474. The second kappa shape index (κ2) is 8.58. The van der Waals surface area contributed by atoms with Gasteiger partial charge in [0, 0.05) is 17.7 Å². The highest BCUT2D eigenvalue weighted by Crippen LogP contribution is 2.29. The minimum atomic E-state index is -0.601. The number of halogens is 1. The summed E-state index contributed by atoms with van der Waals surface area (Å²) in [5, 5.41) is 12.0. The van der Waals surface area contributed by atoms with Gasteiger partial charge in [-0.25, -0.2) is 4.39 Å². The Morgan fingerprint density at radius 1 is 1.13 bits per heavy atom. The highest BCUT2D eigenvalue weighted by Gasteiger charge is 2.35.